The van der Waals surface area contributed by atoms with E-state index < -0.39 is 4.92 Å². The maximum atomic E-state index is 12.6. The molecule has 0 saturated heterocycles. The zero-order chi connectivity index (χ0) is 16.8. The monoisotopic (exact) mass is 320 g/mol. The van der Waals surface area contributed by atoms with Crippen LogP contribution in [0, 0.1) is 23.0 Å². The van der Waals surface area contributed by atoms with Crippen LogP contribution in [0.4, 0.5) is 5.69 Å². The summed E-state index contributed by atoms with van der Waals surface area (Å²) in [6.07, 6.45) is 6.15. The molecule has 0 radical (unpaired) electrons. The van der Waals surface area contributed by atoms with Gasteiger partial charge >= 0.3 is 0 Å². The number of hydrogen-bond acceptors (Lipinski definition) is 4. The smallest absolute Gasteiger partial charge is 0.270 e. The third-order valence-electron chi connectivity index (χ3n) is 4.65. The summed E-state index contributed by atoms with van der Waals surface area (Å²) in [5.41, 5.74) is 0.953. The van der Waals surface area contributed by atoms with Crippen molar-refractivity contribution in [1.82, 2.24) is 5.32 Å². The number of nitrogens with zero attached hydrogens (tertiary/aromatic N) is 1. The van der Waals surface area contributed by atoms with E-state index in [-0.39, 0.29) is 24.2 Å². The van der Waals surface area contributed by atoms with Crippen LogP contribution in [0.25, 0.3) is 0 Å². The fraction of sp³-hybridized carbons (Fsp3) is 0.588. The quantitative estimate of drug-likeness (QED) is 0.622. The average Bonchev–Trinajstić information content (AvgIpc) is 2.55. The summed E-state index contributed by atoms with van der Waals surface area (Å²) in [6.45, 7) is 1.79. The van der Waals surface area contributed by atoms with Gasteiger partial charge in [-0.2, -0.15) is 0 Å². The minimum Gasteiger partial charge on any atom is -0.396 e. The molecule has 126 valence electrons. The molecule has 0 bridgehead atoms. The molecule has 1 saturated carbocycles. The fourth-order valence-corrected chi connectivity index (χ4v) is 3.32. The van der Waals surface area contributed by atoms with Gasteiger partial charge in [0.15, 0.2) is 0 Å². The molecule has 1 amide bonds. The maximum Gasteiger partial charge on any atom is 0.270 e. The number of aliphatic hydroxyl groups excluding tert-OH is 1. The fourth-order valence-electron chi connectivity index (χ4n) is 3.32. The number of non-ortho nitro benzene ring substituents is 1. The Labute approximate surface area is 136 Å². The molecule has 0 aliphatic heterocycles. The second-order valence-electron chi connectivity index (χ2n) is 6.25. The molecule has 1 fully saturated rings. The number of aliphatic hydroxyl groups is 1. The maximum absolute atomic E-state index is 12.6. The van der Waals surface area contributed by atoms with Gasteiger partial charge in [-0.15, -0.1) is 0 Å². The molecule has 0 spiro atoms. The second kappa shape index (κ2) is 8.06. The van der Waals surface area contributed by atoms with E-state index in [0.29, 0.717) is 23.5 Å². The van der Waals surface area contributed by atoms with Crippen LogP contribution >= 0.6 is 0 Å². The SMILES string of the molecule is Cc1ccc([N+](=O)[O-])cc1C(=O)NC(CCO)C1CCCCC1. The Balaban J connectivity index is 2.14. The number of carbonyl (C=O) groups is 1. The van der Waals surface area contributed by atoms with Crippen LogP contribution in [0.15, 0.2) is 18.2 Å². The minimum atomic E-state index is -0.497. The van der Waals surface area contributed by atoms with E-state index in [1.54, 1.807) is 13.0 Å². The van der Waals surface area contributed by atoms with Gasteiger partial charge < -0.3 is 10.4 Å². The van der Waals surface area contributed by atoms with Crippen molar-refractivity contribution < 1.29 is 14.8 Å². The predicted octanol–water partition coefficient (Wildman–Crippen LogP) is 2.96. The van der Waals surface area contributed by atoms with Crippen molar-refractivity contribution in [2.24, 2.45) is 5.92 Å². The van der Waals surface area contributed by atoms with Gasteiger partial charge in [-0.1, -0.05) is 25.3 Å². The van der Waals surface area contributed by atoms with Crippen molar-refractivity contribution in [3.8, 4) is 0 Å². The largest absolute Gasteiger partial charge is 0.396 e. The highest BCUT2D eigenvalue weighted by Crippen LogP contribution is 2.28. The Morgan fingerprint density at radius 2 is 2.09 bits per heavy atom. The highest BCUT2D eigenvalue weighted by atomic mass is 16.6. The Bertz CT molecular complexity index is 568. The molecule has 0 heterocycles. The number of nitro benzene ring substituents is 1. The molecule has 1 aliphatic rings. The lowest BCUT2D eigenvalue weighted by Crippen LogP contribution is -2.42. The van der Waals surface area contributed by atoms with Crippen LogP contribution < -0.4 is 5.32 Å². The summed E-state index contributed by atoms with van der Waals surface area (Å²) in [5.74, 6) is 0.0778. The van der Waals surface area contributed by atoms with Gasteiger partial charge in [-0.05, 0) is 37.7 Å². The van der Waals surface area contributed by atoms with E-state index in [1.165, 1.54) is 18.6 Å². The van der Waals surface area contributed by atoms with Crippen molar-refractivity contribution in [3.05, 3.63) is 39.4 Å². The molecule has 2 rings (SSSR count). The molecule has 1 unspecified atom stereocenters. The first-order valence-electron chi connectivity index (χ1n) is 8.19. The van der Waals surface area contributed by atoms with E-state index >= 15 is 0 Å². The molecular formula is C17H24N2O4. The molecule has 2 N–H and O–H groups in total. The highest BCUT2D eigenvalue weighted by Gasteiger charge is 2.26. The number of nitro groups is 1. The minimum absolute atomic E-state index is 0.0232. The molecule has 0 aromatic heterocycles. The third kappa shape index (κ3) is 4.51. The number of carbonyl (C=O) groups excluding carboxylic acids is 1. The van der Waals surface area contributed by atoms with Crippen LogP contribution in [0.1, 0.15) is 54.4 Å². The Morgan fingerprint density at radius 3 is 2.70 bits per heavy atom. The normalized spacial score (nSPS) is 16.8. The number of aryl methyl sites for hydroxylation is 1. The third-order valence-corrected chi connectivity index (χ3v) is 4.65. The Kier molecular flexibility index (Phi) is 6.10. The topological polar surface area (TPSA) is 92.5 Å². The Morgan fingerprint density at radius 1 is 1.39 bits per heavy atom. The standard InChI is InChI=1S/C17H24N2O4/c1-12-7-8-14(19(22)23)11-15(12)17(21)18-16(9-10-20)13-5-3-2-4-6-13/h7-8,11,13,16,20H,2-6,9-10H2,1H3,(H,18,21). The molecule has 1 atom stereocenters. The first-order valence-corrected chi connectivity index (χ1v) is 8.19. The molecular weight excluding hydrogens is 296 g/mol. The van der Waals surface area contributed by atoms with Gasteiger partial charge in [0.25, 0.3) is 11.6 Å². The van der Waals surface area contributed by atoms with Gasteiger partial charge in [0.2, 0.25) is 0 Å². The number of amides is 1. The van der Waals surface area contributed by atoms with E-state index in [1.807, 2.05) is 0 Å². The summed E-state index contributed by atoms with van der Waals surface area (Å²) >= 11 is 0. The zero-order valence-corrected chi connectivity index (χ0v) is 13.5. The summed E-state index contributed by atoms with van der Waals surface area (Å²) in [6, 6.07) is 4.24. The first-order chi connectivity index (χ1) is 11.0. The van der Waals surface area contributed by atoms with E-state index in [4.69, 9.17) is 0 Å². The number of nitrogens with one attached hydrogen (secondary N) is 1. The number of rotatable bonds is 6. The van der Waals surface area contributed by atoms with Gasteiger partial charge in [-0.3, -0.25) is 14.9 Å². The molecule has 6 nitrogen and oxygen atoms in total. The van der Waals surface area contributed by atoms with E-state index in [0.717, 1.165) is 25.7 Å². The molecule has 23 heavy (non-hydrogen) atoms. The summed E-state index contributed by atoms with van der Waals surface area (Å²) in [5, 5.41) is 23.2. The number of hydrogen-bond donors (Lipinski definition) is 2. The van der Waals surface area contributed by atoms with Crippen molar-refractivity contribution in [2.75, 3.05) is 6.61 Å². The van der Waals surface area contributed by atoms with Crippen LogP contribution in [0.2, 0.25) is 0 Å². The van der Waals surface area contributed by atoms with Crippen LogP contribution in [0.3, 0.4) is 0 Å². The first kappa shape index (κ1) is 17.4. The van der Waals surface area contributed by atoms with Gasteiger partial charge in [0.05, 0.1) is 4.92 Å². The Hall–Kier alpha value is -1.95. The molecule has 6 heteroatoms. The van der Waals surface area contributed by atoms with Crippen molar-refractivity contribution in [3.63, 3.8) is 0 Å². The average molecular weight is 320 g/mol. The van der Waals surface area contributed by atoms with Crippen molar-refractivity contribution in [1.29, 1.82) is 0 Å². The van der Waals surface area contributed by atoms with Gasteiger partial charge in [0.1, 0.15) is 0 Å². The summed E-state index contributed by atoms with van der Waals surface area (Å²) < 4.78 is 0. The van der Waals surface area contributed by atoms with Crippen LogP contribution in [0.5, 0.6) is 0 Å². The van der Waals surface area contributed by atoms with Crippen molar-refractivity contribution >= 4 is 11.6 Å². The molecule has 1 aromatic carbocycles. The zero-order valence-electron chi connectivity index (χ0n) is 13.5. The lowest BCUT2D eigenvalue weighted by molar-refractivity contribution is -0.384. The van der Waals surface area contributed by atoms with E-state index in [2.05, 4.69) is 5.32 Å². The predicted molar refractivity (Wildman–Crippen MR) is 87.4 cm³/mol. The lowest BCUT2D eigenvalue weighted by Gasteiger charge is -2.30. The summed E-state index contributed by atoms with van der Waals surface area (Å²) in [4.78, 5) is 23.0. The summed E-state index contributed by atoms with van der Waals surface area (Å²) in [7, 11) is 0. The second-order valence-corrected chi connectivity index (χ2v) is 6.25. The molecule has 1 aromatic rings. The van der Waals surface area contributed by atoms with Crippen LogP contribution in [-0.4, -0.2) is 28.6 Å². The van der Waals surface area contributed by atoms with Crippen molar-refractivity contribution in [2.45, 2.75) is 51.5 Å². The highest BCUT2D eigenvalue weighted by molar-refractivity contribution is 5.96. The van der Waals surface area contributed by atoms with Crippen LogP contribution in [-0.2, 0) is 0 Å². The van der Waals surface area contributed by atoms with E-state index in [9.17, 15) is 20.0 Å². The van der Waals surface area contributed by atoms with Gasteiger partial charge in [-0.25, -0.2) is 0 Å². The lowest BCUT2D eigenvalue weighted by atomic mass is 9.82. The van der Waals surface area contributed by atoms with Gasteiger partial charge in [0, 0.05) is 30.3 Å². The molecule has 1 aliphatic carbocycles. The number of benzene rings is 1.